The van der Waals surface area contributed by atoms with Crippen molar-refractivity contribution < 1.29 is 19.1 Å². The zero-order valence-electron chi connectivity index (χ0n) is 12.7. The van der Waals surface area contributed by atoms with Gasteiger partial charge in [0.1, 0.15) is 12.4 Å². The number of carbonyl (C=O) groups is 2. The molecule has 5 nitrogen and oxygen atoms in total. The molecule has 0 saturated heterocycles. The van der Waals surface area contributed by atoms with E-state index >= 15 is 0 Å². The first-order valence-electron chi connectivity index (χ1n) is 7.09. The van der Waals surface area contributed by atoms with E-state index in [-0.39, 0.29) is 12.6 Å². The molecule has 1 N–H and O–H groups in total. The first kappa shape index (κ1) is 16.5. The number of benzene rings is 2. The molecule has 0 heterocycles. The van der Waals surface area contributed by atoms with Gasteiger partial charge >= 0.3 is 6.16 Å². The summed E-state index contributed by atoms with van der Waals surface area (Å²) in [5, 5.41) is 2.55. The maximum atomic E-state index is 11.7. The van der Waals surface area contributed by atoms with Crippen LogP contribution in [0.5, 0.6) is 5.75 Å². The Kier molecular flexibility index (Phi) is 5.74. The molecule has 0 aliphatic rings. The number of carbonyl (C=O) groups excluding carboxylic acids is 2. The van der Waals surface area contributed by atoms with Gasteiger partial charge in [-0.25, -0.2) is 4.79 Å². The number of hydrogen-bond donors (Lipinski definition) is 1. The van der Waals surface area contributed by atoms with E-state index < -0.39 is 12.1 Å². The smallest absolute Gasteiger partial charge is 0.429 e. The van der Waals surface area contributed by atoms with E-state index in [1.54, 1.807) is 31.2 Å². The summed E-state index contributed by atoms with van der Waals surface area (Å²) < 4.78 is 10.2. The molecule has 2 radical (unpaired) electrons. The van der Waals surface area contributed by atoms with Gasteiger partial charge in [-0.3, -0.25) is 4.79 Å². The summed E-state index contributed by atoms with van der Waals surface area (Å²) in [5.41, 5.74) is 1.63. The van der Waals surface area contributed by atoms with Crippen molar-refractivity contribution in [1.82, 2.24) is 5.32 Å². The minimum Gasteiger partial charge on any atom is -0.429 e. The Balaban J connectivity index is 1.92. The van der Waals surface area contributed by atoms with Crippen LogP contribution in [0.25, 0.3) is 0 Å². The fourth-order valence-corrected chi connectivity index (χ4v) is 1.99. The summed E-state index contributed by atoms with van der Waals surface area (Å²) in [6.45, 7) is 7.00. The molecule has 0 aromatic heterocycles. The predicted molar refractivity (Wildman–Crippen MR) is 84.6 cm³/mol. The first-order chi connectivity index (χ1) is 11.0. The van der Waals surface area contributed by atoms with Gasteiger partial charge in [0, 0.05) is 0 Å². The summed E-state index contributed by atoms with van der Waals surface area (Å²) in [4.78, 5) is 22.6. The van der Waals surface area contributed by atoms with Gasteiger partial charge in [-0.1, -0.05) is 42.5 Å². The molecule has 1 atom stereocenters. The fraction of sp³-hybridized carbons (Fsp3) is 0.167. The molecule has 2 aromatic carbocycles. The fourth-order valence-electron chi connectivity index (χ4n) is 1.99. The van der Waals surface area contributed by atoms with E-state index in [0.29, 0.717) is 5.75 Å². The Morgan fingerprint density at radius 2 is 1.87 bits per heavy atom. The number of hydrogen-bond acceptors (Lipinski definition) is 4. The van der Waals surface area contributed by atoms with Gasteiger partial charge < -0.3 is 14.8 Å². The standard InChI is InChI=1S/C18H17NO4/c1-13(19-14(2)20)16-9-6-10-17(11-16)23-18(21)22-12-15-7-4-3-5-8-15/h2-11,13H,12H2,1H3,(H,19,20). The zero-order valence-corrected chi connectivity index (χ0v) is 12.7. The van der Waals surface area contributed by atoms with E-state index in [0.717, 1.165) is 11.1 Å². The monoisotopic (exact) mass is 311 g/mol. The molecule has 0 bridgehead atoms. The van der Waals surface area contributed by atoms with Crippen LogP contribution < -0.4 is 10.1 Å². The lowest BCUT2D eigenvalue weighted by Crippen LogP contribution is -2.23. The Morgan fingerprint density at radius 3 is 2.57 bits per heavy atom. The Labute approximate surface area is 135 Å². The van der Waals surface area contributed by atoms with Crippen LogP contribution in [0, 0.1) is 6.92 Å². The highest BCUT2D eigenvalue weighted by Crippen LogP contribution is 2.19. The van der Waals surface area contributed by atoms with Crippen molar-refractivity contribution in [1.29, 1.82) is 0 Å². The Hall–Kier alpha value is -2.82. The van der Waals surface area contributed by atoms with Crippen LogP contribution in [0.3, 0.4) is 0 Å². The molecule has 1 amide bonds. The lowest BCUT2D eigenvalue weighted by Gasteiger charge is -2.13. The molecule has 0 fully saturated rings. The molecule has 0 aliphatic carbocycles. The minimum atomic E-state index is -0.790. The van der Waals surface area contributed by atoms with Gasteiger partial charge in [0.2, 0.25) is 5.91 Å². The molecular formula is C18H17NO4. The Morgan fingerprint density at radius 1 is 1.13 bits per heavy atom. The maximum absolute atomic E-state index is 11.7. The third-order valence-electron chi connectivity index (χ3n) is 3.12. The lowest BCUT2D eigenvalue weighted by atomic mass is 10.1. The highest BCUT2D eigenvalue weighted by atomic mass is 16.7. The topological polar surface area (TPSA) is 64.6 Å². The molecule has 2 rings (SSSR count). The van der Waals surface area contributed by atoms with Crippen molar-refractivity contribution in [2.45, 2.75) is 19.6 Å². The zero-order chi connectivity index (χ0) is 16.7. The highest BCUT2D eigenvalue weighted by Gasteiger charge is 2.10. The van der Waals surface area contributed by atoms with Gasteiger partial charge in [-0.05, 0) is 30.2 Å². The van der Waals surface area contributed by atoms with E-state index in [2.05, 4.69) is 5.32 Å². The van der Waals surface area contributed by atoms with Crippen molar-refractivity contribution in [3.8, 4) is 5.75 Å². The molecule has 0 spiro atoms. The third-order valence-corrected chi connectivity index (χ3v) is 3.12. The summed E-state index contributed by atoms with van der Waals surface area (Å²) in [6, 6.07) is 15.8. The second-order valence-corrected chi connectivity index (χ2v) is 4.93. The first-order valence-corrected chi connectivity index (χ1v) is 7.09. The average Bonchev–Trinajstić information content (AvgIpc) is 2.53. The molecular weight excluding hydrogens is 294 g/mol. The van der Waals surface area contributed by atoms with Crippen LogP contribution in [0.2, 0.25) is 0 Å². The molecule has 2 aromatic rings. The van der Waals surface area contributed by atoms with E-state index in [1.165, 1.54) is 0 Å². The lowest BCUT2D eigenvalue weighted by molar-refractivity contribution is -0.117. The van der Waals surface area contributed by atoms with Gasteiger partial charge in [-0.15, -0.1) is 0 Å². The molecule has 0 aliphatic heterocycles. The summed E-state index contributed by atoms with van der Waals surface area (Å²) in [6.07, 6.45) is -0.790. The van der Waals surface area contributed by atoms with Crippen LogP contribution in [-0.4, -0.2) is 12.1 Å². The van der Waals surface area contributed by atoms with Gasteiger partial charge in [0.05, 0.1) is 13.0 Å². The van der Waals surface area contributed by atoms with E-state index in [9.17, 15) is 9.59 Å². The Bertz CT molecular complexity index is 670. The SMILES string of the molecule is [CH]C(=O)NC(C)c1cccc(OC(=O)OCc2ccccc2)c1. The van der Waals surface area contributed by atoms with E-state index in [1.807, 2.05) is 30.3 Å². The number of nitrogens with one attached hydrogen (secondary N) is 1. The number of rotatable bonds is 5. The molecule has 23 heavy (non-hydrogen) atoms. The second-order valence-electron chi connectivity index (χ2n) is 4.93. The number of amides is 1. The molecule has 0 saturated carbocycles. The molecule has 118 valence electrons. The average molecular weight is 311 g/mol. The van der Waals surface area contributed by atoms with Crippen LogP contribution >= 0.6 is 0 Å². The summed E-state index contributed by atoms with van der Waals surface area (Å²) >= 11 is 0. The van der Waals surface area contributed by atoms with Crippen molar-refractivity contribution in [2.75, 3.05) is 0 Å². The van der Waals surface area contributed by atoms with Crippen molar-refractivity contribution in [2.24, 2.45) is 0 Å². The van der Waals surface area contributed by atoms with Crippen LogP contribution in [0.1, 0.15) is 24.1 Å². The van der Waals surface area contributed by atoms with Crippen molar-refractivity contribution in [3.05, 3.63) is 72.6 Å². The summed E-state index contributed by atoms with van der Waals surface area (Å²) in [7, 11) is 0. The van der Waals surface area contributed by atoms with Gasteiger partial charge in [0.15, 0.2) is 0 Å². The second kappa shape index (κ2) is 7.98. The number of ether oxygens (including phenoxy) is 2. The van der Waals surface area contributed by atoms with Crippen molar-refractivity contribution in [3.63, 3.8) is 0 Å². The summed E-state index contributed by atoms with van der Waals surface area (Å²) in [5.74, 6) is -0.287. The predicted octanol–water partition coefficient (Wildman–Crippen LogP) is 3.29. The van der Waals surface area contributed by atoms with Crippen LogP contribution in [0.15, 0.2) is 54.6 Å². The molecule has 5 heteroatoms. The quantitative estimate of drug-likeness (QED) is 0.680. The van der Waals surface area contributed by atoms with E-state index in [4.69, 9.17) is 16.4 Å². The van der Waals surface area contributed by atoms with Crippen molar-refractivity contribution >= 4 is 12.1 Å². The third kappa shape index (κ3) is 5.47. The highest BCUT2D eigenvalue weighted by molar-refractivity contribution is 5.80. The maximum Gasteiger partial charge on any atom is 0.514 e. The van der Waals surface area contributed by atoms with Crippen LogP contribution in [0.4, 0.5) is 4.79 Å². The van der Waals surface area contributed by atoms with Crippen LogP contribution in [-0.2, 0) is 16.1 Å². The normalized spacial score (nSPS) is 11.4. The largest absolute Gasteiger partial charge is 0.514 e. The van der Waals surface area contributed by atoms with Gasteiger partial charge in [0.25, 0.3) is 0 Å². The molecule has 1 unspecified atom stereocenters. The minimum absolute atomic E-state index is 0.138. The van der Waals surface area contributed by atoms with Gasteiger partial charge in [-0.2, -0.15) is 0 Å².